The van der Waals surface area contributed by atoms with E-state index >= 15 is 0 Å². The first kappa shape index (κ1) is 5.82. The Labute approximate surface area is 55.9 Å². The van der Waals surface area contributed by atoms with Crippen LogP contribution in [0.3, 0.4) is 0 Å². The van der Waals surface area contributed by atoms with Crippen LogP contribution in [0.25, 0.3) is 0 Å². The zero-order valence-electron chi connectivity index (χ0n) is 5.11. The fourth-order valence-electron chi connectivity index (χ4n) is 0.360. The van der Waals surface area contributed by atoms with Crippen molar-refractivity contribution in [2.45, 2.75) is 19.9 Å². The number of hydrogen-bond acceptors (Lipinski definition) is 0. The van der Waals surface area contributed by atoms with Crippen molar-refractivity contribution >= 4 is 0 Å². The van der Waals surface area contributed by atoms with E-state index in [4.69, 9.17) is 0 Å². The number of quaternary nitrogens is 1. The summed E-state index contributed by atoms with van der Waals surface area (Å²) in [6.45, 7) is 4.62. The molecule has 7 heavy (non-hydrogen) atoms. The van der Waals surface area contributed by atoms with Crippen molar-refractivity contribution in [3.05, 3.63) is 0 Å². The summed E-state index contributed by atoms with van der Waals surface area (Å²) in [6.07, 6.45) is 0. The predicted molar refractivity (Wildman–Crippen MR) is 26.2 cm³/mol. The molecular weight excluding hydrogens is 201 g/mol. The van der Waals surface area contributed by atoms with Gasteiger partial charge in [-0.1, -0.05) is 0 Å². The van der Waals surface area contributed by atoms with Crippen molar-refractivity contribution in [1.29, 1.82) is 0 Å². The fraction of sp³-hybridized carbons (Fsp3) is 1.00. The Balaban J connectivity index is 2.39. The van der Waals surface area contributed by atoms with E-state index in [1.54, 1.807) is 0 Å². The number of nitrogens with zero attached hydrogens (tertiary/aromatic N) is 1. The third kappa shape index (κ3) is 1.08. The predicted octanol–water partition coefficient (Wildman–Crippen LogP) is -2.18. The summed E-state index contributed by atoms with van der Waals surface area (Å²) in [5, 5.41) is 0. The summed E-state index contributed by atoms with van der Waals surface area (Å²) in [4.78, 5) is 0. The Morgan fingerprint density at radius 2 is 2.00 bits per heavy atom. The minimum atomic E-state index is 0.588. The molecule has 0 bridgehead atoms. The Morgan fingerprint density at radius 3 is 2.00 bits per heavy atom. The van der Waals surface area contributed by atoms with Crippen LogP contribution in [0, 0.1) is 0 Å². The molecule has 44 valence electrons. The molecule has 0 spiro atoms. The molecule has 1 nitrogen and oxygen atoms in total. The SMILES string of the molecule is CC(C)[N+]1(C)C[I-]1. The van der Waals surface area contributed by atoms with E-state index in [0.29, 0.717) is 21.5 Å². The molecule has 0 N–H and O–H groups in total. The summed E-state index contributed by atoms with van der Waals surface area (Å²) in [7, 11) is 2.36. The van der Waals surface area contributed by atoms with Gasteiger partial charge in [0.2, 0.25) is 0 Å². The fourth-order valence-corrected chi connectivity index (χ4v) is 2.42. The van der Waals surface area contributed by atoms with Crippen molar-refractivity contribution < 1.29 is 24.2 Å². The van der Waals surface area contributed by atoms with Crippen LogP contribution in [0.4, 0.5) is 0 Å². The number of rotatable bonds is 1. The Morgan fingerprint density at radius 1 is 1.57 bits per heavy atom. The standard InChI is InChI=1S/C5H12IN/c1-5(2)7(3)4-6-7/h5H,4H2,1-3H3. The quantitative estimate of drug-likeness (QED) is 0.153. The van der Waals surface area contributed by atoms with Crippen molar-refractivity contribution in [3.63, 3.8) is 0 Å². The summed E-state index contributed by atoms with van der Waals surface area (Å²) in [5.41, 5.74) is 0. The van der Waals surface area contributed by atoms with Gasteiger partial charge in [0.25, 0.3) is 0 Å². The molecular formula is C5H12IN. The molecule has 0 aliphatic carbocycles. The van der Waals surface area contributed by atoms with Crippen molar-refractivity contribution in [3.8, 4) is 0 Å². The van der Waals surface area contributed by atoms with Gasteiger partial charge in [0.05, 0.1) is 0 Å². The second kappa shape index (κ2) is 1.58. The molecule has 0 aromatic rings. The van der Waals surface area contributed by atoms with Gasteiger partial charge in [-0.05, 0) is 0 Å². The van der Waals surface area contributed by atoms with Gasteiger partial charge in [-0.3, -0.25) is 0 Å². The normalized spacial score (nSPS) is 40.6. The second-order valence-corrected chi connectivity index (χ2v) is 6.04. The first-order valence-electron chi connectivity index (χ1n) is 2.61. The molecule has 0 aromatic heterocycles. The molecule has 0 aromatic carbocycles. The van der Waals surface area contributed by atoms with Gasteiger partial charge in [-0.25, -0.2) is 0 Å². The van der Waals surface area contributed by atoms with E-state index in [1.807, 2.05) is 0 Å². The molecule has 1 atom stereocenters. The molecule has 1 heterocycles. The van der Waals surface area contributed by atoms with E-state index in [9.17, 15) is 0 Å². The molecule has 0 radical (unpaired) electrons. The van der Waals surface area contributed by atoms with Crippen LogP contribution in [0.5, 0.6) is 0 Å². The Kier molecular flexibility index (Phi) is 1.32. The van der Waals surface area contributed by atoms with Gasteiger partial charge in [0, 0.05) is 0 Å². The average Bonchev–Trinajstić information content (AvgIpc) is 2.21. The maximum atomic E-state index is 2.36. The van der Waals surface area contributed by atoms with Crippen LogP contribution in [-0.4, -0.2) is 20.3 Å². The first-order chi connectivity index (χ1) is 3.15. The van der Waals surface area contributed by atoms with Gasteiger partial charge >= 0.3 is 55.7 Å². The summed E-state index contributed by atoms with van der Waals surface area (Å²) < 4.78 is 2.93. The Hall–Kier alpha value is 0.690. The Bertz CT molecular complexity index is 76.1. The summed E-state index contributed by atoms with van der Waals surface area (Å²) in [5.74, 6) is 0. The van der Waals surface area contributed by atoms with Crippen LogP contribution in [-0.2, 0) is 0 Å². The molecule has 1 aliphatic rings. The van der Waals surface area contributed by atoms with Crippen LogP contribution in [0.15, 0.2) is 0 Å². The summed E-state index contributed by atoms with van der Waals surface area (Å²) in [6, 6.07) is 0.896. The minimum absolute atomic E-state index is 0.588. The van der Waals surface area contributed by atoms with E-state index in [1.165, 1.54) is 7.25 Å². The number of alkyl halides is 1. The first-order valence-corrected chi connectivity index (χ1v) is 5.10. The molecule has 0 amide bonds. The third-order valence-electron chi connectivity index (χ3n) is 1.57. The van der Waals surface area contributed by atoms with Crippen LogP contribution in [0.1, 0.15) is 13.8 Å². The third-order valence-corrected chi connectivity index (χ3v) is 5.52. The number of hydrogen-bond donors (Lipinski definition) is 0. The monoisotopic (exact) mass is 213 g/mol. The zero-order chi connectivity index (χ0) is 5.49. The average molecular weight is 213 g/mol. The van der Waals surface area contributed by atoms with Gasteiger partial charge < -0.3 is 0 Å². The van der Waals surface area contributed by atoms with Crippen LogP contribution in [0.2, 0.25) is 0 Å². The van der Waals surface area contributed by atoms with E-state index in [2.05, 4.69) is 20.9 Å². The van der Waals surface area contributed by atoms with Crippen molar-refractivity contribution in [2.24, 2.45) is 0 Å². The van der Waals surface area contributed by atoms with E-state index in [0.717, 1.165) is 6.04 Å². The maximum absolute atomic E-state index is 2.36. The van der Waals surface area contributed by atoms with Crippen molar-refractivity contribution in [2.75, 3.05) is 11.6 Å². The van der Waals surface area contributed by atoms with Crippen molar-refractivity contribution in [1.82, 2.24) is 0 Å². The number of halogens is 1. The van der Waals surface area contributed by atoms with Crippen LogP contribution < -0.4 is 21.5 Å². The summed E-state index contributed by atoms with van der Waals surface area (Å²) >= 11 is 0.588. The topological polar surface area (TPSA) is 0 Å². The molecule has 0 saturated carbocycles. The molecule has 1 rings (SSSR count). The van der Waals surface area contributed by atoms with Gasteiger partial charge in [0.1, 0.15) is 0 Å². The van der Waals surface area contributed by atoms with E-state index < -0.39 is 0 Å². The van der Waals surface area contributed by atoms with E-state index in [-0.39, 0.29) is 0 Å². The van der Waals surface area contributed by atoms with Gasteiger partial charge in [-0.15, -0.1) is 0 Å². The van der Waals surface area contributed by atoms with Crippen LogP contribution >= 0.6 is 0 Å². The molecule has 1 saturated heterocycles. The molecule has 1 unspecified atom stereocenters. The second-order valence-electron chi connectivity index (χ2n) is 2.48. The molecule has 1 aliphatic heterocycles. The molecule has 2 heteroatoms. The molecule has 1 fully saturated rings. The van der Waals surface area contributed by atoms with Gasteiger partial charge in [-0.2, -0.15) is 0 Å². The zero-order valence-corrected chi connectivity index (χ0v) is 7.27. The van der Waals surface area contributed by atoms with Gasteiger partial charge in [0.15, 0.2) is 0 Å².